The summed E-state index contributed by atoms with van der Waals surface area (Å²) >= 11 is 0. The normalized spacial score (nSPS) is 24.0. The summed E-state index contributed by atoms with van der Waals surface area (Å²) in [7, 11) is -2.32. The first kappa shape index (κ1) is 30.2. The minimum absolute atomic E-state index is 0.0667. The lowest BCUT2D eigenvalue weighted by Crippen LogP contribution is -2.45. The van der Waals surface area contributed by atoms with Crippen molar-refractivity contribution in [2.45, 2.75) is 82.6 Å². The highest BCUT2D eigenvalue weighted by Gasteiger charge is 2.47. The van der Waals surface area contributed by atoms with Gasteiger partial charge >= 0.3 is 12.3 Å². The van der Waals surface area contributed by atoms with Crippen LogP contribution < -0.4 is 5.32 Å². The summed E-state index contributed by atoms with van der Waals surface area (Å²) < 4.78 is 71.5. The molecule has 1 heterocycles. The van der Waals surface area contributed by atoms with Crippen LogP contribution >= 0.6 is 0 Å². The molecule has 1 N–H and O–H groups in total. The van der Waals surface area contributed by atoms with Gasteiger partial charge in [0, 0.05) is 38.1 Å². The topological polar surface area (TPSA) is 96.0 Å². The van der Waals surface area contributed by atoms with Gasteiger partial charge in [0.25, 0.3) is 0 Å². The molecule has 1 saturated carbocycles. The molecule has 1 aromatic carbocycles. The molecule has 1 aliphatic carbocycles. The maximum Gasteiger partial charge on any atom is 0.416 e. The zero-order valence-electron chi connectivity index (χ0n) is 22.7. The number of halogens is 3. The second kappa shape index (κ2) is 11.0. The first-order valence-electron chi connectivity index (χ1n) is 12.8. The van der Waals surface area contributed by atoms with Crippen LogP contribution in [0, 0.1) is 17.8 Å². The van der Waals surface area contributed by atoms with E-state index in [0.717, 1.165) is 37.1 Å². The lowest BCUT2D eigenvalue weighted by molar-refractivity contribution is -0.137. The van der Waals surface area contributed by atoms with Gasteiger partial charge in [-0.2, -0.15) is 17.5 Å². The number of carbonyl (C=O) groups is 2. The molecule has 1 aliphatic heterocycles. The Bertz CT molecular complexity index is 1120. The molecule has 2 fully saturated rings. The van der Waals surface area contributed by atoms with E-state index < -0.39 is 33.5 Å². The molecule has 0 bridgehead atoms. The Morgan fingerprint density at radius 2 is 1.71 bits per heavy atom. The maximum absolute atomic E-state index is 13.1. The van der Waals surface area contributed by atoms with Crippen molar-refractivity contribution in [3.05, 3.63) is 29.8 Å². The minimum atomic E-state index is -4.54. The molecule has 0 spiro atoms. The lowest BCUT2D eigenvalue weighted by Gasteiger charge is -2.30. The van der Waals surface area contributed by atoms with Gasteiger partial charge in [0.05, 0.1) is 10.5 Å². The molecule has 12 heteroatoms. The molecule has 1 saturated heterocycles. The van der Waals surface area contributed by atoms with E-state index in [1.165, 1.54) is 9.21 Å². The number of amides is 2. The summed E-state index contributed by atoms with van der Waals surface area (Å²) in [5.74, 6) is -0.555. The summed E-state index contributed by atoms with van der Waals surface area (Å²) in [6.07, 6.45) is -3.10. The number of nitrogens with zero attached hydrogens (tertiary/aromatic N) is 2. The molecule has 2 amide bonds. The molecular weight excluding hydrogens is 523 g/mol. The van der Waals surface area contributed by atoms with Crippen molar-refractivity contribution in [1.29, 1.82) is 0 Å². The van der Waals surface area contributed by atoms with Crippen LogP contribution in [0.25, 0.3) is 0 Å². The SMILES string of the molecule is CC(C[C@H](C)C(=O)N[C@@H]1CC[C@@H]2CN(S(=O)(=O)c3ccc(C(F)(F)F)cc3)C[C@@H]21)N(C)C(=O)OC(C)(C)C. The first-order valence-corrected chi connectivity index (χ1v) is 14.3. The van der Waals surface area contributed by atoms with E-state index in [1.54, 1.807) is 34.7 Å². The van der Waals surface area contributed by atoms with Crippen LogP contribution in [-0.4, -0.2) is 67.4 Å². The highest BCUT2D eigenvalue weighted by atomic mass is 32.2. The zero-order valence-corrected chi connectivity index (χ0v) is 23.5. The van der Waals surface area contributed by atoms with Crippen LogP contribution in [0.15, 0.2) is 29.2 Å². The highest BCUT2D eigenvalue weighted by Crippen LogP contribution is 2.40. The van der Waals surface area contributed by atoms with E-state index in [-0.39, 0.29) is 53.7 Å². The zero-order chi connectivity index (χ0) is 28.6. The monoisotopic (exact) mass is 561 g/mol. The molecule has 1 aromatic rings. The first-order chi connectivity index (χ1) is 17.4. The van der Waals surface area contributed by atoms with Gasteiger partial charge in [0.2, 0.25) is 15.9 Å². The van der Waals surface area contributed by atoms with E-state index in [9.17, 15) is 31.2 Å². The Labute approximate surface area is 222 Å². The minimum Gasteiger partial charge on any atom is -0.444 e. The number of sulfonamides is 1. The third-order valence-corrected chi connectivity index (χ3v) is 9.30. The van der Waals surface area contributed by atoms with Crippen molar-refractivity contribution < 1.29 is 35.9 Å². The number of hydrogen-bond acceptors (Lipinski definition) is 5. The van der Waals surface area contributed by atoms with Gasteiger partial charge in [-0.05, 0) is 83.1 Å². The van der Waals surface area contributed by atoms with Gasteiger partial charge in [-0.3, -0.25) is 4.79 Å². The van der Waals surface area contributed by atoms with Gasteiger partial charge in [-0.1, -0.05) is 6.92 Å². The maximum atomic E-state index is 13.1. The van der Waals surface area contributed by atoms with E-state index in [1.807, 2.05) is 6.92 Å². The Hall–Kier alpha value is -2.34. The number of rotatable bonds is 7. The van der Waals surface area contributed by atoms with Crippen LogP contribution in [0.1, 0.15) is 59.4 Å². The fourth-order valence-electron chi connectivity index (χ4n) is 5.18. The van der Waals surface area contributed by atoms with Crippen molar-refractivity contribution >= 4 is 22.0 Å². The van der Waals surface area contributed by atoms with Crippen LogP contribution in [0.5, 0.6) is 0 Å². The summed E-state index contributed by atoms with van der Waals surface area (Å²) in [5, 5.41) is 3.08. The van der Waals surface area contributed by atoms with Gasteiger partial charge in [-0.25, -0.2) is 13.2 Å². The van der Waals surface area contributed by atoms with E-state index >= 15 is 0 Å². The van der Waals surface area contributed by atoms with E-state index in [4.69, 9.17) is 4.74 Å². The van der Waals surface area contributed by atoms with Crippen LogP contribution in [0.2, 0.25) is 0 Å². The summed E-state index contributed by atoms with van der Waals surface area (Å²) in [4.78, 5) is 26.6. The summed E-state index contributed by atoms with van der Waals surface area (Å²) in [5.41, 5.74) is -1.53. The molecule has 5 atom stereocenters. The summed E-state index contributed by atoms with van der Waals surface area (Å²) in [6.45, 7) is 9.46. The van der Waals surface area contributed by atoms with Gasteiger partial charge in [-0.15, -0.1) is 0 Å². The number of fused-ring (bicyclic) bond motifs is 1. The van der Waals surface area contributed by atoms with E-state index in [0.29, 0.717) is 6.42 Å². The number of ether oxygens (including phenoxy) is 1. The molecule has 8 nitrogen and oxygen atoms in total. The molecule has 38 heavy (non-hydrogen) atoms. The van der Waals surface area contributed by atoms with Crippen molar-refractivity contribution in [3.63, 3.8) is 0 Å². The third kappa shape index (κ3) is 6.99. The predicted octanol–water partition coefficient (Wildman–Crippen LogP) is 4.50. The number of hydrogen-bond donors (Lipinski definition) is 1. The molecule has 0 aromatic heterocycles. The predicted molar refractivity (Wildman–Crippen MR) is 136 cm³/mol. The Balaban J connectivity index is 1.58. The third-order valence-electron chi connectivity index (χ3n) is 7.46. The lowest BCUT2D eigenvalue weighted by atomic mass is 9.96. The van der Waals surface area contributed by atoms with Crippen LogP contribution in [-0.2, 0) is 25.7 Å². The number of benzene rings is 1. The summed E-state index contributed by atoms with van der Waals surface area (Å²) in [6, 6.07) is 3.09. The van der Waals surface area contributed by atoms with Gasteiger partial charge < -0.3 is 15.0 Å². The van der Waals surface area contributed by atoms with Crippen molar-refractivity contribution in [2.75, 3.05) is 20.1 Å². The quantitative estimate of drug-likeness (QED) is 0.529. The molecule has 3 rings (SSSR count). The molecule has 0 radical (unpaired) electrons. The number of alkyl halides is 3. The van der Waals surface area contributed by atoms with Crippen molar-refractivity contribution in [3.8, 4) is 0 Å². The van der Waals surface area contributed by atoms with Crippen molar-refractivity contribution in [1.82, 2.24) is 14.5 Å². The number of nitrogens with one attached hydrogen (secondary N) is 1. The second-order valence-corrected chi connectivity index (χ2v) is 13.5. The van der Waals surface area contributed by atoms with Crippen LogP contribution in [0.4, 0.5) is 18.0 Å². The molecule has 2 aliphatic rings. The second-order valence-electron chi connectivity index (χ2n) is 11.5. The fraction of sp³-hybridized carbons (Fsp3) is 0.692. The Kier molecular flexibility index (Phi) is 8.77. The average molecular weight is 562 g/mol. The molecule has 1 unspecified atom stereocenters. The standard InChI is InChI=1S/C26H38F3N3O5S/c1-16(13-17(2)31(6)24(34)37-25(3,4)5)23(33)30-22-12-7-18-14-32(15-21(18)22)38(35,36)20-10-8-19(9-11-20)26(27,28)29/h8-11,16-18,21-22H,7,12-15H2,1-6H3,(H,30,33)/t16-,17?,18+,21-,22+/m0/s1. The van der Waals surface area contributed by atoms with Crippen LogP contribution in [0.3, 0.4) is 0 Å². The Morgan fingerprint density at radius 3 is 2.26 bits per heavy atom. The van der Waals surface area contributed by atoms with E-state index in [2.05, 4.69) is 5.32 Å². The van der Waals surface area contributed by atoms with Crippen molar-refractivity contribution in [2.24, 2.45) is 17.8 Å². The van der Waals surface area contributed by atoms with Gasteiger partial charge in [0.15, 0.2) is 0 Å². The number of carbonyl (C=O) groups excluding carboxylic acids is 2. The fourth-order valence-corrected chi connectivity index (χ4v) is 6.71. The molecule has 214 valence electrons. The molecular formula is C26H38F3N3O5S. The van der Waals surface area contributed by atoms with Gasteiger partial charge in [0.1, 0.15) is 5.60 Å². The highest BCUT2D eigenvalue weighted by molar-refractivity contribution is 7.89. The Morgan fingerprint density at radius 1 is 1.11 bits per heavy atom. The average Bonchev–Trinajstić information content (AvgIpc) is 3.39. The smallest absolute Gasteiger partial charge is 0.416 e. The largest absolute Gasteiger partial charge is 0.444 e.